The van der Waals surface area contributed by atoms with Crippen LogP contribution >= 0.6 is 12.6 Å². The van der Waals surface area contributed by atoms with Crippen LogP contribution in [0.4, 0.5) is 0 Å². The van der Waals surface area contributed by atoms with E-state index in [1.165, 1.54) is 0 Å². The van der Waals surface area contributed by atoms with Crippen molar-refractivity contribution in [1.29, 1.82) is 5.41 Å². The number of aryl methyl sites for hydroxylation is 1. The number of rotatable bonds is 1. The molecule has 0 fully saturated rings. The molecule has 0 radical (unpaired) electrons. The Morgan fingerprint density at radius 2 is 2.18 bits per heavy atom. The van der Waals surface area contributed by atoms with Crippen LogP contribution in [0.3, 0.4) is 0 Å². The molecule has 0 saturated carbocycles. The second-order valence-corrected chi connectivity index (χ2v) is 2.83. The first kappa shape index (κ1) is 8.14. The normalized spacial score (nSPS) is 9.64. The van der Waals surface area contributed by atoms with Gasteiger partial charge in [0.25, 0.3) is 0 Å². The molecule has 0 aromatic heterocycles. The SMILES string of the molecule is Cc1cccc(C(=N)N)c1S. The van der Waals surface area contributed by atoms with Crippen LogP contribution in [-0.2, 0) is 0 Å². The van der Waals surface area contributed by atoms with Gasteiger partial charge in [-0.3, -0.25) is 5.41 Å². The van der Waals surface area contributed by atoms with E-state index in [9.17, 15) is 0 Å². The number of nitrogens with two attached hydrogens (primary N) is 1. The van der Waals surface area contributed by atoms with E-state index in [0.29, 0.717) is 5.56 Å². The Morgan fingerprint density at radius 1 is 1.55 bits per heavy atom. The Labute approximate surface area is 71.3 Å². The van der Waals surface area contributed by atoms with Crippen LogP contribution in [-0.4, -0.2) is 5.84 Å². The van der Waals surface area contributed by atoms with Crippen LogP contribution in [0, 0.1) is 12.3 Å². The lowest BCUT2D eigenvalue weighted by molar-refractivity contribution is 1.26. The Morgan fingerprint density at radius 3 is 2.64 bits per heavy atom. The molecule has 3 N–H and O–H groups in total. The van der Waals surface area contributed by atoms with Gasteiger partial charge < -0.3 is 5.73 Å². The lowest BCUT2D eigenvalue weighted by Gasteiger charge is -2.04. The van der Waals surface area contributed by atoms with Crippen molar-refractivity contribution in [2.45, 2.75) is 11.8 Å². The summed E-state index contributed by atoms with van der Waals surface area (Å²) in [7, 11) is 0. The highest BCUT2D eigenvalue weighted by molar-refractivity contribution is 7.80. The van der Waals surface area contributed by atoms with Crippen molar-refractivity contribution in [2.24, 2.45) is 5.73 Å². The molecule has 1 aromatic carbocycles. The average Bonchev–Trinajstić information content (AvgIpc) is 1.94. The predicted octanol–water partition coefficient (Wildman–Crippen LogP) is 1.57. The Hall–Kier alpha value is -0.960. The van der Waals surface area contributed by atoms with Gasteiger partial charge in [-0.05, 0) is 12.5 Å². The van der Waals surface area contributed by atoms with Crippen LogP contribution in [0.25, 0.3) is 0 Å². The molecule has 0 saturated heterocycles. The third kappa shape index (κ3) is 1.54. The molecule has 0 spiro atoms. The standard InChI is InChI=1S/C8H10N2S/c1-5-3-2-4-6(7(5)11)8(9)10/h2-4,11H,1H3,(H3,9,10). The van der Waals surface area contributed by atoms with Gasteiger partial charge in [0, 0.05) is 10.5 Å². The van der Waals surface area contributed by atoms with E-state index in [2.05, 4.69) is 12.6 Å². The minimum atomic E-state index is 0.0682. The summed E-state index contributed by atoms with van der Waals surface area (Å²) in [6, 6.07) is 5.60. The van der Waals surface area contributed by atoms with E-state index in [4.69, 9.17) is 11.1 Å². The second kappa shape index (κ2) is 2.96. The highest BCUT2D eigenvalue weighted by atomic mass is 32.1. The molecule has 1 rings (SSSR count). The number of nitrogens with one attached hydrogen (secondary N) is 1. The van der Waals surface area contributed by atoms with Crippen LogP contribution in [0.5, 0.6) is 0 Å². The monoisotopic (exact) mass is 166 g/mol. The van der Waals surface area contributed by atoms with Crippen molar-refractivity contribution in [2.75, 3.05) is 0 Å². The van der Waals surface area contributed by atoms with Crippen molar-refractivity contribution < 1.29 is 0 Å². The Bertz CT molecular complexity index is 294. The third-order valence-corrected chi connectivity index (χ3v) is 2.12. The van der Waals surface area contributed by atoms with Gasteiger partial charge in [-0.1, -0.05) is 18.2 Å². The molecular weight excluding hydrogens is 156 g/mol. The molecule has 0 aliphatic heterocycles. The average molecular weight is 166 g/mol. The first-order chi connectivity index (χ1) is 5.13. The smallest absolute Gasteiger partial charge is 0.123 e. The summed E-state index contributed by atoms with van der Waals surface area (Å²) in [6.07, 6.45) is 0. The molecule has 0 heterocycles. The van der Waals surface area contributed by atoms with Gasteiger partial charge in [0.1, 0.15) is 5.84 Å². The molecule has 2 nitrogen and oxygen atoms in total. The minimum Gasteiger partial charge on any atom is -0.384 e. The zero-order valence-corrected chi connectivity index (χ0v) is 7.15. The molecule has 0 amide bonds. The fourth-order valence-corrected chi connectivity index (χ4v) is 1.15. The zero-order chi connectivity index (χ0) is 8.43. The summed E-state index contributed by atoms with van der Waals surface area (Å²) in [6.45, 7) is 1.94. The zero-order valence-electron chi connectivity index (χ0n) is 6.26. The lowest BCUT2D eigenvalue weighted by Crippen LogP contribution is -2.12. The summed E-state index contributed by atoms with van der Waals surface area (Å²) in [4.78, 5) is 0.792. The second-order valence-electron chi connectivity index (χ2n) is 2.38. The topological polar surface area (TPSA) is 49.9 Å². The number of benzene rings is 1. The summed E-state index contributed by atoms with van der Waals surface area (Å²) < 4.78 is 0. The van der Waals surface area contributed by atoms with E-state index in [1.54, 1.807) is 6.07 Å². The van der Waals surface area contributed by atoms with E-state index >= 15 is 0 Å². The molecular formula is C8H10N2S. The van der Waals surface area contributed by atoms with E-state index in [0.717, 1.165) is 10.5 Å². The van der Waals surface area contributed by atoms with Crippen LogP contribution in [0.2, 0.25) is 0 Å². The quantitative estimate of drug-likeness (QED) is 0.331. The van der Waals surface area contributed by atoms with Crippen LogP contribution < -0.4 is 5.73 Å². The fourth-order valence-electron chi connectivity index (χ4n) is 0.876. The molecule has 11 heavy (non-hydrogen) atoms. The molecule has 0 atom stereocenters. The van der Waals surface area contributed by atoms with Gasteiger partial charge in [-0.25, -0.2) is 0 Å². The predicted molar refractivity (Wildman–Crippen MR) is 49.4 cm³/mol. The number of thiol groups is 1. The van der Waals surface area contributed by atoms with E-state index < -0.39 is 0 Å². The highest BCUT2D eigenvalue weighted by Gasteiger charge is 2.02. The first-order valence-corrected chi connectivity index (χ1v) is 3.70. The van der Waals surface area contributed by atoms with Gasteiger partial charge in [0.05, 0.1) is 0 Å². The van der Waals surface area contributed by atoms with Gasteiger partial charge in [0.15, 0.2) is 0 Å². The highest BCUT2D eigenvalue weighted by Crippen LogP contribution is 2.17. The number of amidine groups is 1. The van der Waals surface area contributed by atoms with Gasteiger partial charge in [-0.15, -0.1) is 12.6 Å². The number of hydrogen-bond acceptors (Lipinski definition) is 2. The van der Waals surface area contributed by atoms with Crippen molar-refractivity contribution in [3.8, 4) is 0 Å². The molecule has 3 heteroatoms. The minimum absolute atomic E-state index is 0.0682. The first-order valence-electron chi connectivity index (χ1n) is 3.26. The maximum absolute atomic E-state index is 7.20. The third-order valence-electron chi connectivity index (χ3n) is 1.53. The maximum atomic E-state index is 7.20. The van der Waals surface area contributed by atoms with Gasteiger partial charge >= 0.3 is 0 Å². The fraction of sp³-hybridized carbons (Fsp3) is 0.125. The molecule has 0 bridgehead atoms. The molecule has 0 aliphatic carbocycles. The Balaban J connectivity index is 3.27. The lowest BCUT2D eigenvalue weighted by atomic mass is 10.1. The van der Waals surface area contributed by atoms with Crippen molar-refractivity contribution in [1.82, 2.24) is 0 Å². The van der Waals surface area contributed by atoms with Crippen molar-refractivity contribution in [3.05, 3.63) is 29.3 Å². The summed E-state index contributed by atoms with van der Waals surface area (Å²) in [5.74, 6) is 0.0682. The van der Waals surface area contributed by atoms with E-state index in [1.807, 2.05) is 19.1 Å². The van der Waals surface area contributed by atoms with Crippen molar-refractivity contribution in [3.63, 3.8) is 0 Å². The van der Waals surface area contributed by atoms with Gasteiger partial charge in [0.2, 0.25) is 0 Å². The largest absolute Gasteiger partial charge is 0.384 e. The van der Waals surface area contributed by atoms with Crippen LogP contribution in [0.1, 0.15) is 11.1 Å². The van der Waals surface area contributed by atoms with Gasteiger partial charge in [-0.2, -0.15) is 0 Å². The molecule has 58 valence electrons. The number of hydrogen-bond donors (Lipinski definition) is 3. The maximum Gasteiger partial charge on any atom is 0.123 e. The molecule has 0 aliphatic rings. The van der Waals surface area contributed by atoms with E-state index in [-0.39, 0.29) is 5.84 Å². The summed E-state index contributed by atoms with van der Waals surface area (Å²) >= 11 is 4.23. The summed E-state index contributed by atoms with van der Waals surface area (Å²) in [5.41, 5.74) is 7.06. The number of nitrogen functional groups attached to an aromatic ring is 1. The molecule has 0 unspecified atom stereocenters. The van der Waals surface area contributed by atoms with Crippen molar-refractivity contribution >= 4 is 18.5 Å². The summed E-state index contributed by atoms with van der Waals surface area (Å²) in [5, 5.41) is 7.20. The van der Waals surface area contributed by atoms with Crippen LogP contribution in [0.15, 0.2) is 23.1 Å². The molecule has 1 aromatic rings. The Kier molecular flexibility index (Phi) is 2.19.